The van der Waals surface area contributed by atoms with Crippen LogP contribution in [0.1, 0.15) is 38.9 Å². The average molecular weight is 257 g/mol. The van der Waals surface area contributed by atoms with Gasteiger partial charge in [-0.3, -0.25) is 0 Å². The Hall–Kier alpha value is -0.980. The second kappa shape index (κ2) is 6.82. The molecule has 0 saturated carbocycles. The molecule has 1 unspecified atom stereocenters. The first kappa shape index (κ1) is 15.1. The number of rotatable bonds is 8. The molecule has 1 aromatic rings. The van der Waals surface area contributed by atoms with Gasteiger partial charge >= 0.3 is 0 Å². The maximum absolute atomic E-state index is 6.12. The summed E-state index contributed by atoms with van der Waals surface area (Å²) in [5.41, 5.74) is 5.39. The number of aryl methyl sites for hydroxylation is 1. The Balaban J connectivity index is 2.54. The summed E-state index contributed by atoms with van der Waals surface area (Å²) in [5.74, 6) is 1.07. The van der Waals surface area contributed by atoms with Crippen molar-refractivity contribution in [2.75, 3.05) is 20.3 Å². The van der Waals surface area contributed by atoms with Crippen molar-refractivity contribution in [3.63, 3.8) is 0 Å². The molecule has 0 radical (unpaired) electrons. The van der Waals surface area contributed by atoms with Gasteiger partial charge in [0.25, 0.3) is 0 Å². The molecule has 0 bridgehead atoms. The number of hydrogen-bond acceptors (Lipinski definition) is 6. The van der Waals surface area contributed by atoms with Crippen LogP contribution in [-0.4, -0.2) is 36.6 Å². The van der Waals surface area contributed by atoms with Crippen LogP contribution in [0.2, 0.25) is 0 Å². The van der Waals surface area contributed by atoms with Crippen LogP contribution in [0.5, 0.6) is 0 Å². The van der Waals surface area contributed by atoms with Crippen LogP contribution in [0.15, 0.2) is 4.52 Å². The molecule has 0 aliphatic rings. The minimum atomic E-state index is -0.729. The topological polar surface area (TPSA) is 83.4 Å². The van der Waals surface area contributed by atoms with E-state index in [1.165, 1.54) is 0 Å². The van der Waals surface area contributed by atoms with Crippen molar-refractivity contribution in [2.24, 2.45) is 5.73 Å². The van der Waals surface area contributed by atoms with E-state index in [-0.39, 0.29) is 6.10 Å². The molecule has 0 aliphatic heterocycles. The van der Waals surface area contributed by atoms with Gasteiger partial charge < -0.3 is 19.7 Å². The van der Waals surface area contributed by atoms with Crippen molar-refractivity contribution in [1.29, 1.82) is 0 Å². The standard InChI is InChI=1S/C12H23N3O3/c1-9(2)17-8-12(3,13)11-14-10(18-15-11)6-5-7-16-4/h9H,5-8,13H2,1-4H3. The minimum Gasteiger partial charge on any atom is -0.385 e. The summed E-state index contributed by atoms with van der Waals surface area (Å²) >= 11 is 0. The van der Waals surface area contributed by atoms with Gasteiger partial charge in [0, 0.05) is 20.1 Å². The highest BCUT2D eigenvalue weighted by atomic mass is 16.5. The molecule has 0 saturated heterocycles. The van der Waals surface area contributed by atoms with Crippen molar-refractivity contribution >= 4 is 0 Å². The largest absolute Gasteiger partial charge is 0.385 e. The predicted octanol–water partition coefficient (Wildman–Crippen LogP) is 1.25. The lowest BCUT2D eigenvalue weighted by molar-refractivity contribution is 0.0410. The molecule has 0 aliphatic carbocycles. The van der Waals surface area contributed by atoms with Crippen LogP contribution >= 0.6 is 0 Å². The predicted molar refractivity (Wildman–Crippen MR) is 67.1 cm³/mol. The molecule has 0 fully saturated rings. The first-order valence-corrected chi connectivity index (χ1v) is 6.18. The van der Waals surface area contributed by atoms with E-state index in [9.17, 15) is 0 Å². The van der Waals surface area contributed by atoms with Crippen LogP contribution in [-0.2, 0) is 21.4 Å². The van der Waals surface area contributed by atoms with E-state index < -0.39 is 5.54 Å². The Bertz CT molecular complexity index is 350. The van der Waals surface area contributed by atoms with E-state index in [1.54, 1.807) is 7.11 Å². The van der Waals surface area contributed by atoms with Crippen LogP contribution in [0.25, 0.3) is 0 Å². The second-order valence-corrected chi connectivity index (χ2v) is 4.89. The highest BCUT2D eigenvalue weighted by Gasteiger charge is 2.28. The number of nitrogens with zero attached hydrogens (tertiary/aromatic N) is 2. The quantitative estimate of drug-likeness (QED) is 0.706. The maximum Gasteiger partial charge on any atom is 0.226 e. The van der Waals surface area contributed by atoms with Crippen LogP contribution in [0.3, 0.4) is 0 Å². The summed E-state index contributed by atoms with van der Waals surface area (Å²) in [7, 11) is 1.67. The molecule has 0 spiro atoms. The van der Waals surface area contributed by atoms with E-state index in [1.807, 2.05) is 20.8 Å². The lowest BCUT2D eigenvalue weighted by Crippen LogP contribution is -2.40. The zero-order valence-corrected chi connectivity index (χ0v) is 11.6. The maximum atomic E-state index is 6.12. The smallest absolute Gasteiger partial charge is 0.226 e. The molecule has 104 valence electrons. The lowest BCUT2D eigenvalue weighted by atomic mass is 10.1. The Kier molecular flexibility index (Phi) is 5.71. The molecule has 18 heavy (non-hydrogen) atoms. The molecule has 6 nitrogen and oxygen atoms in total. The van der Waals surface area contributed by atoms with E-state index >= 15 is 0 Å². The summed E-state index contributed by atoms with van der Waals surface area (Å²) < 4.78 is 15.6. The van der Waals surface area contributed by atoms with Gasteiger partial charge in [0.05, 0.1) is 12.7 Å². The molecule has 1 aromatic heterocycles. The van der Waals surface area contributed by atoms with E-state index in [4.69, 9.17) is 19.7 Å². The van der Waals surface area contributed by atoms with E-state index in [0.717, 1.165) is 6.42 Å². The zero-order valence-electron chi connectivity index (χ0n) is 11.6. The Labute approximate surface area is 108 Å². The van der Waals surface area contributed by atoms with Crippen molar-refractivity contribution < 1.29 is 14.0 Å². The third-order valence-corrected chi connectivity index (χ3v) is 2.43. The Morgan fingerprint density at radius 1 is 1.44 bits per heavy atom. The molecule has 0 aromatic carbocycles. The van der Waals surface area contributed by atoms with Gasteiger partial charge in [-0.25, -0.2) is 0 Å². The number of aromatic nitrogens is 2. The normalized spacial score (nSPS) is 15.0. The molecule has 0 amide bonds. The number of hydrogen-bond donors (Lipinski definition) is 1. The van der Waals surface area contributed by atoms with E-state index in [2.05, 4.69) is 10.1 Å². The molecule has 6 heteroatoms. The summed E-state index contributed by atoms with van der Waals surface area (Å²) in [6, 6.07) is 0. The number of methoxy groups -OCH3 is 1. The molecular formula is C12H23N3O3. The Morgan fingerprint density at radius 3 is 2.78 bits per heavy atom. The molecular weight excluding hydrogens is 234 g/mol. The first-order chi connectivity index (χ1) is 8.45. The lowest BCUT2D eigenvalue weighted by Gasteiger charge is -2.21. The summed E-state index contributed by atoms with van der Waals surface area (Å²) in [6.45, 7) is 6.79. The summed E-state index contributed by atoms with van der Waals surface area (Å²) in [6.07, 6.45) is 1.67. The minimum absolute atomic E-state index is 0.126. The van der Waals surface area contributed by atoms with Gasteiger partial charge in [-0.2, -0.15) is 4.98 Å². The number of nitrogens with two attached hydrogens (primary N) is 1. The van der Waals surface area contributed by atoms with Gasteiger partial charge in [0.1, 0.15) is 5.54 Å². The monoisotopic (exact) mass is 257 g/mol. The van der Waals surface area contributed by atoms with Gasteiger partial charge in [-0.1, -0.05) is 5.16 Å². The highest BCUT2D eigenvalue weighted by molar-refractivity contribution is 5.01. The van der Waals surface area contributed by atoms with Gasteiger partial charge in [0.15, 0.2) is 5.82 Å². The van der Waals surface area contributed by atoms with Crippen LogP contribution in [0.4, 0.5) is 0 Å². The Morgan fingerprint density at radius 2 is 2.17 bits per heavy atom. The summed E-state index contributed by atoms with van der Waals surface area (Å²) in [4.78, 5) is 4.29. The van der Waals surface area contributed by atoms with Crippen molar-refractivity contribution in [2.45, 2.75) is 45.3 Å². The van der Waals surface area contributed by atoms with Crippen LogP contribution in [0, 0.1) is 0 Å². The molecule has 1 rings (SSSR count). The van der Waals surface area contributed by atoms with Crippen molar-refractivity contribution in [1.82, 2.24) is 10.1 Å². The molecule has 1 atom stereocenters. The fourth-order valence-electron chi connectivity index (χ4n) is 1.36. The SMILES string of the molecule is COCCCc1nc(C(C)(N)COC(C)C)no1. The average Bonchev–Trinajstić information content (AvgIpc) is 2.76. The fourth-order valence-corrected chi connectivity index (χ4v) is 1.36. The van der Waals surface area contributed by atoms with Gasteiger partial charge in [0.2, 0.25) is 5.89 Å². The second-order valence-electron chi connectivity index (χ2n) is 4.89. The third-order valence-electron chi connectivity index (χ3n) is 2.43. The van der Waals surface area contributed by atoms with Crippen molar-refractivity contribution in [3.05, 3.63) is 11.7 Å². The van der Waals surface area contributed by atoms with E-state index in [0.29, 0.717) is 31.3 Å². The first-order valence-electron chi connectivity index (χ1n) is 6.18. The van der Waals surface area contributed by atoms with Crippen molar-refractivity contribution in [3.8, 4) is 0 Å². The van der Waals surface area contributed by atoms with Gasteiger partial charge in [-0.15, -0.1) is 0 Å². The van der Waals surface area contributed by atoms with Crippen LogP contribution < -0.4 is 5.73 Å². The highest BCUT2D eigenvalue weighted by Crippen LogP contribution is 2.16. The number of ether oxygens (including phenoxy) is 2. The third kappa shape index (κ3) is 4.72. The summed E-state index contributed by atoms with van der Waals surface area (Å²) in [5, 5.41) is 3.91. The fraction of sp³-hybridized carbons (Fsp3) is 0.833. The molecule has 2 N–H and O–H groups in total. The van der Waals surface area contributed by atoms with Gasteiger partial charge in [-0.05, 0) is 27.2 Å². The zero-order chi connectivity index (χ0) is 13.6. The molecule has 1 heterocycles.